The Morgan fingerprint density at radius 1 is 1.39 bits per heavy atom. The highest BCUT2D eigenvalue weighted by atomic mass is 35.5. The fourth-order valence-corrected chi connectivity index (χ4v) is 2.66. The summed E-state index contributed by atoms with van der Waals surface area (Å²) in [7, 11) is 0. The summed E-state index contributed by atoms with van der Waals surface area (Å²) < 4.78 is 1.64. The smallest absolute Gasteiger partial charge is 0.251 e. The molecule has 0 bridgehead atoms. The third kappa shape index (κ3) is 4.92. The SMILES string of the molecule is CC1CC(NC(=O)c2cccc(-n3cncn3)c2)CCN1.Cl.Cl. The van der Waals surface area contributed by atoms with Crippen molar-refractivity contribution in [3.63, 3.8) is 0 Å². The minimum Gasteiger partial charge on any atom is -0.349 e. The summed E-state index contributed by atoms with van der Waals surface area (Å²) in [5.41, 5.74) is 1.48. The summed E-state index contributed by atoms with van der Waals surface area (Å²) in [5.74, 6) is -0.0314. The van der Waals surface area contributed by atoms with Crippen molar-refractivity contribution in [2.45, 2.75) is 31.8 Å². The van der Waals surface area contributed by atoms with Crippen LogP contribution in [0.4, 0.5) is 0 Å². The minimum absolute atomic E-state index is 0. The maximum absolute atomic E-state index is 12.4. The van der Waals surface area contributed by atoms with Crippen molar-refractivity contribution in [2.75, 3.05) is 6.54 Å². The van der Waals surface area contributed by atoms with E-state index in [0.29, 0.717) is 11.6 Å². The number of carbonyl (C=O) groups is 1. The van der Waals surface area contributed by atoms with Gasteiger partial charge in [-0.2, -0.15) is 5.10 Å². The molecule has 126 valence electrons. The van der Waals surface area contributed by atoms with Crippen LogP contribution >= 0.6 is 24.8 Å². The Labute approximate surface area is 147 Å². The lowest BCUT2D eigenvalue weighted by molar-refractivity contribution is 0.0925. The Bertz CT molecular complexity index is 620. The highest BCUT2D eigenvalue weighted by Crippen LogP contribution is 2.12. The van der Waals surface area contributed by atoms with Crippen LogP contribution in [0.15, 0.2) is 36.9 Å². The molecule has 0 spiro atoms. The summed E-state index contributed by atoms with van der Waals surface area (Å²) in [4.78, 5) is 16.3. The fourth-order valence-electron chi connectivity index (χ4n) is 2.66. The second kappa shape index (κ2) is 8.86. The van der Waals surface area contributed by atoms with Crippen molar-refractivity contribution in [2.24, 2.45) is 0 Å². The second-order valence-corrected chi connectivity index (χ2v) is 5.44. The summed E-state index contributed by atoms with van der Waals surface area (Å²) in [6.45, 7) is 3.09. The number of carbonyl (C=O) groups excluding carboxylic acids is 1. The maximum atomic E-state index is 12.4. The van der Waals surface area contributed by atoms with E-state index < -0.39 is 0 Å². The lowest BCUT2D eigenvalue weighted by Crippen LogP contribution is -2.46. The first-order valence-electron chi connectivity index (χ1n) is 7.21. The quantitative estimate of drug-likeness (QED) is 0.880. The van der Waals surface area contributed by atoms with Gasteiger partial charge in [0.15, 0.2) is 0 Å². The van der Waals surface area contributed by atoms with E-state index in [0.717, 1.165) is 25.1 Å². The molecule has 1 aromatic heterocycles. The standard InChI is InChI=1S/C15H19N5O.2ClH/c1-11-7-13(5-6-17-11)19-15(21)12-3-2-4-14(8-12)20-10-16-9-18-20;;/h2-4,8-11,13,17H,5-7H2,1H3,(H,19,21);2*1H. The molecular formula is C15H21Cl2N5O. The lowest BCUT2D eigenvalue weighted by atomic mass is 10.0. The summed E-state index contributed by atoms with van der Waals surface area (Å²) >= 11 is 0. The number of benzene rings is 1. The van der Waals surface area contributed by atoms with Gasteiger partial charge in [0.05, 0.1) is 5.69 Å². The summed E-state index contributed by atoms with van der Waals surface area (Å²) in [6.07, 6.45) is 5.03. The Kier molecular flexibility index (Phi) is 7.48. The molecule has 1 aliphatic rings. The zero-order valence-corrected chi connectivity index (χ0v) is 14.4. The average molecular weight is 358 g/mol. The molecule has 0 aliphatic carbocycles. The van der Waals surface area contributed by atoms with Crippen LogP contribution in [0, 0.1) is 0 Å². The first-order chi connectivity index (χ1) is 10.2. The number of aromatic nitrogens is 3. The van der Waals surface area contributed by atoms with Crippen LogP contribution in [0.1, 0.15) is 30.1 Å². The molecule has 3 rings (SSSR count). The van der Waals surface area contributed by atoms with Crippen molar-refractivity contribution >= 4 is 30.7 Å². The number of amides is 1. The van der Waals surface area contributed by atoms with Gasteiger partial charge in [-0.15, -0.1) is 24.8 Å². The number of hydrogen-bond acceptors (Lipinski definition) is 4. The van der Waals surface area contributed by atoms with Gasteiger partial charge in [-0.25, -0.2) is 9.67 Å². The molecule has 23 heavy (non-hydrogen) atoms. The molecule has 8 heteroatoms. The van der Waals surface area contributed by atoms with E-state index in [4.69, 9.17) is 0 Å². The molecule has 1 fully saturated rings. The molecule has 1 aromatic carbocycles. The number of nitrogens with one attached hydrogen (secondary N) is 2. The Morgan fingerprint density at radius 3 is 2.91 bits per heavy atom. The molecule has 2 heterocycles. The van der Waals surface area contributed by atoms with Gasteiger partial charge >= 0.3 is 0 Å². The monoisotopic (exact) mass is 357 g/mol. The minimum atomic E-state index is -0.0314. The molecule has 2 N–H and O–H groups in total. The van der Waals surface area contributed by atoms with E-state index in [-0.39, 0.29) is 36.8 Å². The van der Waals surface area contributed by atoms with E-state index >= 15 is 0 Å². The number of halogens is 2. The number of hydrogen-bond donors (Lipinski definition) is 2. The van der Waals surface area contributed by atoms with Crippen LogP contribution < -0.4 is 10.6 Å². The van der Waals surface area contributed by atoms with E-state index in [9.17, 15) is 4.79 Å². The van der Waals surface area contributed by atoms with Crippen LogP contribution in [0.5, 0.6) is 0 Å². The van der Waals surface area contributed by atoms with Gasteiger partial charge in [0.2, 0.25) is 0 Å². The first kappa shape index (κ1) is 19.4. The van der Waals surface area contributed by atoms with Crippen molar-refractivity contribution in [1.29, 1.82) is 0 Å². The third-order valence-corrected chi connectivity index (χ3v) is 3.75. The maximum Gasteiger partial charge on any atom is 0.251 e. The van der Waals surface area contributed by atoms with Gasteiger partial charge in [-0.1, -0.05) is 6.07 Å². The Hall–Kier alpha value is -1.63. The zero-order valence-electron chi connectivity index (χ0n) is 12.8. The molecule has 2 aromatic rings. The number of piperidine rings is 1. The average Bonchev–Trinajstić information content (AvgIpc) is 3.02. The first-order valence-corrected chi connectivity index (χ1v) is 7.21. The molecule has 2 unspecified atom stereocenters. The molecule has 2 atom stereocenters. The summed E-state index contributed by atoms with van der Waals surface area (Å²) in [6, 6.07) is 8.10. The molecular weight excluding hydrogens is 337 g/mol. The Balaban J connectivity index is 0.00000132. The topological polar surface area (TPSA) is 71.8 Å². The molecule has 0 radical (unpaired) electrons. The highest BCUT2D eigenvalue weighted by molar-refractivity contribution is 5.94. The largest absolute Gasteiger partial charge is 0.349 e. The van der Waals surface area contributed by atoms with Crippen molar-refractivity contribution in [3.05, 3.63) is 42.5 Å². The van der Waals surface area contributed by atoms with E-state index in [1.807, 2.05) is 24.3 Å². The normalized spacial score (nSPS) is 20.0. The van der Waals surface area contributed by atoms with Crippen molar-refractivity contribution in [1.82, 2.24) is 25.4 Å². The third-order valence-electron chi connectivity index (χ3n) is 3.75. The van der Waals surface area contributed by atoms with E-state index in [1.165, 1.54) is 6.33 Å². The molecule has 1 aliphatic heterocycles. The molecule has 0 saturated carbocycles. The predicted octanol–water partition coefficient (Wildman–Crippen LogP) is 1.98. The van der Waals surface area contributed by atoms with Crippen LogP contribution in [-0.2, 0) is 0 Å². The van der Waals surface area contributed by atoms with Gasteiger partial charge in [0, 0.05) is 17.6 Å². The van der Waals surface area contributed by atoms with Crippen LogP contribution in [0.3, 0.4) is 0 Å². The molecule has 1 saturated heterocycles. The highest BCUT2D eigenvalue weighted by Gasteiger charge is 2.20. The van der Waals surface area contributed by atoms with Crippen molar-refractivity contribution in [3.8, 4) is 5.69 Å². The predicted molar refractivity (Wildman–Crippen MR) is 93.8 cm³/mol. The van der Waals surface area contributed by atoms with Gasteiger partial charge in [-0.3, -0.25) is 4.79 Å². The van der Waals surface area contributed by atoms with Gasteiger partial charge in [-0.05, 0) is 44.5 Å². The van der Waals surface area contributed by atoms with Gasteiger partial charge in [0.1, 0.15) is 12.7 Å². The number of rotatable bonds is 3. The lowest BCUT2D eigenvalue weighted by Gasteiger charge is -2.28. The van der Waals surface area contributed by atoms with Gasteiger partial charge < -0.3 is 10.6 Å². The van der Waals surface area contributed by atoms with Crippen LogP contribution in [0.2, 0.25) is 0 Å². The Morgan fingerprint density at radius 2 is 2.22 bits per heavy atom. The van der Waals surface area contributed by atoms with E-state index in [1.54, 1.807) is 11.0 Å². The fraction of sp³-hybridized carbons (Fsp3) is 0.400. The van der Waals surface area contributed by atoms with E-state index in [2.05, 4.69) is 27.6 Å². The van der Waals surface area contributed by atoms with Crippen molar-refractivity contribution < 1.29 is 4.79 Å². The molecule has 1 amide bonds. The second-order valence-electron chi connectivity index (χ2n) is 5.44. The summed E-state index contributed by atoms with van der Waals surface area (Å²) in [5, 5.41) is 10.6. The zero-order chi connectivity index (χ0) is 14.7. The van der Waals surface area contributed by atoms with Crippen LogP contribution in [-0.4, -0.2) is 39.3 Å². The molecule has 6 nitrogen and oxygen atoms in total. The van der Waals surface area contributed by atoms with Crippen LogP contribution in [0.25, 0.3) is 5.69 Å². The van der Waals surface area contributed by atoms with Gasteiger partial charge in [0.25, 0.3) is 5.91 Å². The number of nitrogens with zero attached hydrogens (tertiary/aromatic N) is 3.